The van der Waals surface area contributed by atoms with Crippen LogP contribution in [0.4, 0.5) is 11.4 Å². The molecular formula is C15H9Cl2N3O4. The monoisotopic (exact) mass is 365 g/mol. The highest BCUT2D eigenvalue weighted by atomic mass is 35.5. The number of halogens is 2. The molecule has 0 fully saturated rings. The number of anilines is 1. The number of hydrogen-bond acceptors (Lipinski definition) is 5. The van der Waals surface area contributed by atoms with Crippen LogP contribution in [0.2, 0.25) is 10.0 Å². The molecule has 0 spiro atoms. The van der Waals surface area contributed by atoms with Crippen molar-refractivity contribution < 1.29 is 14.5 Å². The Morgan fingerprint density at radius 1 is 1.29 bits per heavy atom. The van der Waals surface area contributed by atoms with Gasteiger partial charge in [0.25, 0.3) is 11.6 Å². The summed E-state index contributed by atoms with van der Waals surface area (Å²) in [5.74, 6) is -0.271. The van der Waals surface area contributed by atoms with Crippen molar-refractivity contribution in [2.24, 2.45) is 0 Å². The summed E-state index contributed by atoms with van der Waals surface area (Å²) in [6, 6.07) is 9.89. The van der Waals surface area contributed by atoms with E-state index in [1.165, 1.54) is 24.3 Å². The standard InChI is InChI=1S/C15H9Cl2N3O4/c16-10-1-4-14(12(17)6-10)24-8-15(21)19-13-3-2-11(20(22)23)5-9(13)7-18/h1-6H,8H2,(H,19,21). The van der Waals surface area contributed by atoms with Crippen LogP contribution >= 0.6 is 23.2 Å². The van der Waals surface area contributed by atoms with Gasteiger partial charge in [-0.05, 0) is 24.3 Å². The fraction of sp³-hybridized carbons (Fsp3) is 0.0667. The molecule has 24 heavy (non-hydrogen) atoms. The van der Waals surface area contributed by atoms with Gasteiger partial charge >= 0.3 is 0 Å². The minimum absolute atomic E-state index is 0.0259. The van der Waals surface area contributed by atoms with Crippen molar-refractivity contribution in [3.8, 4) is 11.8 Å². The van der Waals surface area contributed by atoms with Gasteiger partial charge in [0.15, 0.2) is 6.61 Å². The molecule has 0 aromatic heterocycles. The highest BCUT2D eigenvalue weighted by Crippen LogP contribution is 2.27. The smallest absolute Gasteiger partial charge is 0.270 e. The van der Waals surface area contributed by atoms with E-state index in [-0.39, 0.29) is 34.3 Å². The van der Waals surface area contributed by atoms with Gasteiger partial charge in [0, 0.05) is 17.2 Å². The molecule has 7 nitrogen and oxygen atoms in total. The minimum Gasteiger partial charge on any atom is -0.482 e. The van der Waals surface area contributed by atoms with E-state index in [0.717, 1.165) is 6.07 Å². The van der Waals surface area contributed by atoms with Gasteiger partial charge in [0.05, 0.1) is 21.2 Å². The summed E-state index contributed by atoms with van der Waals surface area (Å²) >= 11 is 11.7. The van der Waals surface area contributed by atoms with Crippen LogP contribution in [0.25, 0.3) is 0 Å². The SMILES string of the molecule is N#Cc1cc([N+](=O)[O-])ccc1NC(=O)COc1ccc(Cl)cc1Cl. The van der Waals surface area contributed by atoms with E-state index in [2.05, 4.69) is 5.32 Å². The van der Waals surface area contributed by atoms with E-state index < -0.39 is 10.8 Å². The Balaban J connectivity index is 2.04. The molecule has 1 amide bonds. The quantitative estimate of drug-likeness (QED) is 0.640. The first-order valence-electron chi connectivity index (χ1n) is 6.47. The van der Waals surface area contributed by atoms with Gasteiger partial charge in [-0.3, -0.25) is 14.9 Å². The number of carbonyl (C=O) groups is 1. The van der Waals surface area contributed by atoms with E-state index in [1.54, 1.807) is 12.1 Å². The summed E-state index contributed by atoms with van der Waals surface area (Å²) in [4.78, 5) is 22.0. The van der Waals surface area contributed by atoms with Crippen LogP contribution in [0, 0.1) is 21.4 Å². The maximum absolute atomic E-state index is 11.9. The number of nitriles is 1. The highest BCUT2D eigenvalue weighted by Gasteiger charge is 2.13. The maximum atomic E-state index is 11.9. The summed E-state index contributed by atoms with van der Waals surface area (Å²) in [6.45, 7) is -0.358. The Hall–Kier alpha value is -2.82. The lowest BCUT2D eigenvalue weighted by molar-refractivity contribution is -0.384. The summed E-state index contributed by atoms with van der Waals surface area (Å²) in [6.07, 6.45) is 0. The molecule has 1 N–H and O–H groups in total. The van der Waals surface area contributed by atoms with Gasteiger partial charge in [0.1, 0.15) is 11.8 Å². The van der Waals surface area contributed by atoms with Crippen molar-refractivity contribution in [3.63, 3.8) is 0 Å². The number of carbonyl (C=O) groups excluding carboxylic acids is 1. The largest absolute Gasteiger partial charge is 0.482 e. The van der Waals surface area contributed by atoms with Crippen LogP contribution in [-0.2, 0) is 4.79 Å². The molecule has 0 heterocycles. The lowest BCUT2D eigenvalue weighted by Gasteiger charge is -2.09. The predicted molar refractivity (Wildman–Crippen MR) is 88.4 cm³/mol. The summed E-state index contributed by atoms with van der Waals surface area (Å²) < 4.78 is 5.27. The zero-order valence-electron chi connectivity index (χ0n) is 12.0. The molecule has 0 aliphatic heterocycles. The zero-order chi connectivity index (χ0) is 17.7. The number of hydrogen-bond donors (Lipinski definition) is 1. The number of nitrogens with zero attached hydrogens (tertiary/aromatic N) is 2. The molecule has 0 atom stereocenters. The van der Waals surface area contributed by atoms with E-state index in [4.69, 9.17) is 33.2 Å². The molecule has 2 aromatic rings. The second-order valence-electron chi connectivity index (χ2n) is 4.51. The molecule has 0 aliphatic rings. The van der Waals surface area contributed by atoms with E-state index in [1.807, 2.05) is 0 Å². The first-order valence-corrected chi connectivity index (χ1v) is 7.22. The molecule has 0 bridgehead atoms. The van der Waals surface area contributed by atoms with Crippen LogP contribution in [0.1, 0.15) is 5.56 Å². The average Bonchev–Trinajstić information content (AvgIpc) is 2.54. The molecule has 9 heteroatoms. The number of nitro groups is 1. The first kappa shape index (κ1) is 17.5. The van der Waals surface area contributed by atoms with Crippen LogP contribution in [0.3, 0.4) is 0 Å². The third-order valence-corrected chi connectivity index (χ3v) is 3.39. The predicted octanol–water partition coefficient (Wildman–Crippen LogP) is 3.79. The van der Waals surface area contributed by atoms with Crippen LogP contribution in [-0.4, -0.2) is 17.4 Å². The van der Waals surface area contributed by atoms with Crippen molar-refractivity contribution in [2.75, 3.05) is 11.9 Å². The molecule has 0 unspecified atom stereocenters. The number of rotatable bonds is 5. The zero-order valence-corrected chi connectivity index (χ0v) is 13.5. The van der Waals surface area contributed by atoms with Gasteiger partial charge < -0.3 is 10.1 Å². The van der Waals surface area contributed by atoms with Crippen LogP contribution in [0.15, 0.2) is 36.4 Å². The molecule has 0 saturated carbocycles. The lowest BCUT2D eigenvalue weighted by Crippen LogP contribution is -2.20. The number of nitrogens with one attached hydrogen (secondary N) is 1. The van der Waals surface area contributed by atoms with Crippen molar-refractivity contribution in [1.29, 1.82) is 5.26 Å². The van der Waals surface area contributed by atoms with Crippen molar-refractivity contribution in [1.82, 2.24) is 0 Å². The molecule has 2 rings (SSSR count). The summed E-state index contributed by atoms with van der Waals surface area (Å²) in [5.41, 5.74) is -0.116. The fourth-order valence-corrected chi connectivity index (χ4v) is 2.23. The lowest BCUT2D eigenvalue weighted by atomic mass is 10.1. The highest BCUT2D eigenvalue weighted by molar-refractivity contribution is 6.35. The molecule has 2 aromatic carbocycles. The van der Waals surface area contributed by atoms with Crippen molar-refractivity contribution in [2.45, 2.75) is 0 Å². The van der Waals surface area contributed by atoms with Gasteiger partial charge in [-0.25, -0.2) is 0 Å². The van der Waals surface area contributed by atoms with Crippen molar-refractivity contribution >= 4 is 40.5 Å². The molecule has 0 radical (unpaired) electrons. The number of benzene rings is 2. The Kier molecular flexibility index (Phi) is 5.58. The first-order chi connectivity index (χ1) is 11.4. The Morgan fingerprint density at radius 2 is 2.04 bits per heavy atom. The van der Waals surface area contributed by atoms with Gasteiger partial charge in [-0.15, -0.1) is 0 Å². The van der Waals surface area contributed by atoms with Gasteiger partial charge in [-0.2, -0.15) is 5.26 Å². The van der Waals surface area contributed by atoms with E-state index in [0.29, 0.717) is 5.02 Å². The number of amides is 1. The molecule has 0 aliphatic carbocycles. The average molecular weight is 366 g/mol. The Labute approximate surface area is 146 Å². The molecular weight excluding hydrogens is 357 g/mol. The Morgan fingerprint density at radius 3 is 2.67 bits per heavy atom. The molecule has 0 saturated heterocycles. The third-order valence-electron chi connectivity index (χ3n) is 2.86. The van der Waals surface area contributed by atoms with Crippen LogP contribution in [0.5, 0.6) is 5.75 Å². The maximum Gasteiger partial charge on any atom is 0.270 e. The van der Waals surface area contributed by atoms with Gasteiger partial charge in [0.2, 0.25) is 0 Å². The normalized spacial score (nSPS) is 9.88. The Bertz CT molecular complexity index is 849. The number of ether oxygens (including phenoxy) is 1. The minimum atomic E-state index is -0.627. The topological polar surface area (TPSA) is 105 Å². The number of non-ortho nitro benzene ring substituents is 1. The second-order valence-corrected chi connectivity index (χ2v) is 5.35. The van der Waals surface area contributed by atoms with Crippen LogP contribution < -0.4 is 10.1 Å². The number of nitro benzene ring substituents is 1. The van der Waals surface area contributed by atoms with E-state index >= 15 is 0 Å². The van der Waals surface area contributed by atoms with Crippen molar-refractivity contribution in [3.05, 3.63) is 62.1 Å². The molecule has 122 valence electrons. The van der Waals surface area contributed by atoms with Gasteiger partial charge in [-0.1, -0.05) is 23.2 Å². The third kappa shape index (κ3) is 4.35. The summed E-state index contributed by atoms with van der Waals surface area (Å²) in [5, 5.41) is 22.8. The fourth-order valence-electron chi connectivity index (χ4n) is 1.77. The van der Waals surface area contributed by atoms with E-state index in [9.17, 15) is 14.9 Å². The second kappa shape index (κ2) is 7.64. The summed E-state index contributed by atoms with van der Waals surface area (Å²) in [7, 11) is 0.